The summed E-state index contributed by atoms with van der Waals surface area (Å²) in [6.07, 6.45) is 0. The molecule has 0 atom stereocenters. The van der Waals surface area contributed by atoms with Crippen LogP contribution in [0, 0.1) is 0 Å². The maximum Gasteiger partial charge on any atom is 0.223 e. The molecule has 1 aromatic carbocycles. The zero-order valence-electron chi connectivity index (χ0n) is 8.31. The Balaban J connectivity index is 2.27. The van der Waals surface area contributed by atoms with E-state index in [2.05, 4.69) is 31.2 Å². The average molecular weight is 280 g/mol. The molecular weight excluding hydrogens is 270 g/mol. The molecule has 0 bridgehead atoms. The second-order valence-electron chi connectivity index (χ2n) is 3.17. The summed E-state index contributed by atoms with van der Waals surface area (Å²) < 4.78 is 0.979. The van der Waals surface area contributed by atoms with Crippen molar-refractivity contribution in [3.8, 4) is 0 Å². The number of aromatic nitrogens is 2. The van der Waals surface area contributed by atoms with Gasteiger partial charge in [-0.15, -0.1) is 0 Å². The van der Waals surface area contributed by atoms with Crippen LogP contribution in [-0.4, -0.2) is 9.97 Å². The van der Waals surface area contributed by atoms with Crippen molar-refractivity contribution in [2.45, 2.75) is 0 Å². The fourth-order valence-electron chi connectivity index (χ4n) is 1.26. The molecule has 0 spiro atoms. The van der Waals surface area contributed by atoms with E-state index in [-0.39, 0.29) is 5.95 Å². The number of benzene rings is 1. The van der Waals surface area contributed by atoms with Gasteiger partial charge in [-0.25, -0.2) is 0 Å². The van der Waals surface area contributed by atoms with E-state index in [9.17, 15) is 0 Å². The number of nitrogens with two attached hydrogens (primary N) is 2. The number of halogens is 1. The monoisotopic (exact) mass is 279 g/mol. The zero-order chi connectivity index (χ0) is 11.5. The van der Waals surface area contributed by atoms with Crippen molar-refractivity contribution in [2.75, 3.05) is 16.8 Å². The van der Waals surface area contributed by atoms with E-state index in [0.717, 1.165) is 10.2 Å². The molecule has 5 nitrogen and oxygen atoms in total. The van der Waals surface area contributed by atoms with Crippen LogP contribution in [0.1, 0.15) is 0 Å². The molecular formula is C10H10BrN5. The van der Waals surface area contributed by atoms with Gasteiger partial charge in [0.05, 0.1) is 0 Å². The summed E-state index contributed by atoms with van der Waals surface area (Å²) in [6, 6.07) is 9.32. The van der Waals surface area contributed by atoms with Gasteiger partial charge in [0.2, 0.25) is 5.95 Å². The minimum absolute atomic E-state index is 0.150. The largest absolute Gasteiger partial charge is 0.383 e. The van der Waals surface area contributed by atoms with Gasteiger partial charge in [-0.1, -0.05) is 22.0 Å². The minimum atomic E-state index is 0.150. The van der Waals surface area contributed by atoms with Crippen LogP contribution < -0.4 is 16.8 Å². The third-order valence-electron chi connectivity index (χ3n) is 1.86. The number of anilines is 4. The Bertz CT molecular complexity index is 494. The molecule has 0 radical (unpaired) electrons. The first-order valence-corrected chi connectivity index (χ1v) is 5.35. The van der Waals surface area contributed by atoms with Gasteiger partial charge in [0.25, 0.3) is 0 Å². The van der Waals surface area contributed by atoms with Gasteiger partial charge >= 0.3 is 0 Å². The predicted octanol–water partition coefficient (Wildman–Crippen LogP) is 2.15. The van der Waals surface area contributed by atoms with Crippen molar-refractivity contribution < 1.29 is 0 Å². The topological polar surface area (TPSA) is 89.8 Å². The number of rotatable bonds is 2. The van der Waals surface area contributed by atoms with Gasteiger partial charge in [0.15, 0.2) is 0 Å². The Hall–Kier alpha value is -1.82. The van der Waals surface area contributed by atoms with Crippen molar-refractivity contribution >= 4 is 39.2 Å². The Kier molecular flexibility index (Phi) is 2.91. The second kappa shape index (κ2) is 4.36. The van der Waals surface area contributed by atoms with Crippen LogP contribution in [0.3, 0.4) is 0 Å². The first kappa shape index (κ1) is 10.7. The predicted molar refractivity (Wildman–Crippen MR) is 68.3 cm³/mol. The lowest BCUT2D eigenvalue weighted by atomic mass is 10.3. The summed E-state index contributed by atoms with van der Waals surface area (Å²) in [4.78, 5) is 7.81. The van der Waals surface area contributed by atoms with E-state index in [1.54, 1.807) is 6.07 Å². The summed E-state index contributed by atoms with van der Waals surface area (Å²) in [5, 5.41) is 3.09. The lowest BCUT2D eigenvalue weighted by Crippen LogP contribution is -2.02. The molecule has 82 valence electrons. The molecule has 0 aliphatic heterocycles. The Labute approximate surface area is 101 Å². The molecule has 0 aliphatic carbocycles. The second-order valence-corrected chi connectivity index (χ2v) is 4.09. The molecule has 5 N–H and O–H groups in total. The van der Waals surface area contributed by atoms with E-state index < -0.39 is 0 Å². The summed E-state index contributed by atoms with van der Waals surface area (Å²) in [5.41, 5.74) is 11.9. The van der Waals surface area contributed by atoms with Crippen LogP contribution in [-0.2, 0) is 0 Å². The SMILES string of the molecule is Nc1cc(Nc2cccc(Br)c2)nc(N)n1. The Morgan fingerprint density at radius 3 is 2.62 bits per heavy atom. The van der Waals surface area contributed by atoms with Gasteiger partial charge in [0.1, 0.15) is 11.6 Å². The van der Waals surface area contributed by atoms with Gasteiger partial charge in [0, 0.05) is 16.2 Å². The minimum Gasteiger partial charge on any atom is -0.383 e. The van der Waals surface area contributed by atoms with E-state index >= 15 is 0 Å². The summed E-state index contributed by atoms with van der Waals surface area (Å²) in [6.45, 7) is 0. The van der Waals surface area contributed by atoms with E-state index in [4.69, 9.17) is 11.5 Å². The maximum atomic E-state index is 5.56. The molecule has 2 rings (SSSR count). The number of nitrogen functional groups attached to an aromatic ring is 2. The Morgan fingerprint density at radius 2 is 1.94 bits per heavy atom. The molecule has 1 heterocycles. The highest BCUT2D eigenvalue weighted by molar-refractivity contribution is 9.10. The van der Waals surface area contributed by atoms with E-state index in [1.807, 2.05) is 24.3 Å². The summed E-state index contributed by atoms with van der Waals surface area (Å²) in [5.74, 6) is 1.06. The van der Waals surface area contributed by atoms with Gasteiger partial charge in [-0.3, -0.25) is 0 Å². The summed E-state index contributed by atoms with van der Waals surface area (Å²) >= 11 is 3.38. The molecule has 1 aromatic heterocycles. The van der Waals surface area contributed by atoms with Crippen LogP contribution in [0.15, 0.2) is 34.8 Å². The average Bonchev–Trinajstić information content (AvgIpc) is 2.15. The molecule has 0 saturated heterocycles. The highest BCUT2D eigenvalue weighted by Gasteiger charge is 2.00. The zero-order valence-corrected chi connectivity index (χ0v) is 9.90. The van der Waals surface area contributed by atoms with Crippen molar-refractivity contribution in [3.63, 3.8) is 0 Å². The maximum absolute atomic E-state index is 5.56. The molecule has 0 aliphatic rings. The van der Waals surface area contributed by atoms with Crippen molar-refractivity contribution in [1.82, 2.24) is 9.97 Å². The highest BCUT2D eigenvalue weighted by atomic mass is 79.9. The van der Waals surface area contributed by atoms with Crippen LogP contribution in [0.4, 0.5) is 23.3 Å². The van der Waals surface area contributed by atoms with Crippen molar-refractivity contribution in [2.24, 2.45) is 0 Å². The standard InChI is InChI=1S/C10H10BrN5/c11-6-2-1-3-7(4-6)14-9-5-8(12)15-10(13)16-9/h1-5H,(H5,12,13,14,15,16). The molecule has 16 heavy (non-hydrogen) atoms. The quantitative estimate of drug-likeness (QED) is 0.784. The van der Waals surface area contributed by atoms with Crippen LogP contribution in [0.5, 0.6) is 0 Å². The number of hydrogen-bond donors (Lipinski definition) is 3. The van der Waals surface area contributed by atoms with Crippen molar-refractivity contribution in [1.29, 1.82) is 0 Å². The lowest BCUT2D eigenvalue weighted by Gasteiger charge is -2.06. The highest BCUT2D eigenvalue weighted by Crippen LogP contribution is 2.20. The normalized spacial score (nSPS) is 10.1. The molecule has 0 unspecified atom stereocenters. The fraction of sp³-hybridized carbons (Fsp3) is 0. The van der Waals surface area contributed by atoms with Crippen molar-refractivity contribution in [3.05, 3.63) is 34.8 Å². The van der Waals surface area contributed by atoms with Gasteiger partial charge < -0.3 is 16.8 Å². The fourth-order valence-corrected chi connectivity index (χ4v) is 1.66. The van der Waals surface area contributed by atoms with Crippen LogP contribution >= 0.6 is 15.9 Å². The molecule has 6 heteroatoms. The third-order valence-corrected chi connectivity index (χ3v) is 2.35. The molecule has 0 amide bonds. The Morgan fingerprint density at radius 1 is 1.12 bits per heavy atom. The van der Waals surface area contributed by atoms with Gasteiger partial charge in [-0.05, 0) is 18.2 Å². The first-order valence-electron chi connectivity index (χ1n) is 4.56. The summed E-state index contributed by atoms with van der Waals surface area (Å²) in [7, 11) is 0. The third kappa shape index (κ3) is 2.60. The number of hydrogen-bond acceptors (Lipinski definition) is 5. The molecule has 2 aromatic rings. The molecule has 0 saturated carbocycles. The van der Waals surface area contributed by atoms with Crippen LogP contribution in [0.2, 0.25) is 0 Å². The van der Waals surface area contributed by atoms with E-state index in [0.29, 0.717) is 11.6 Å². The lowest BCUT2D eigenvalue weighted by molar-refractivity contribution is 1.19. The number of nitrogens with zero attached hydrogens (tertiary/aromatic N) is 2. The first-order chi connectivity index (χ1) is 7.63. The smallest absolute Gasteiger partial charge is 0.223 e. The van der Waals surface area contributed by atoms with Gasteiger partial charge in [-0.2, -0.15) is 9.97 Å². The molecule has 0 fully saturated rings. The number of nitrogens with one attached hydrogen (secondary N) is 1. The van der Waals surface area contributed by atoms with Crippen LogP contribution in [0.25, 0.3) is 0 Å². The van der Waals surface area contributed by atoms with E-state index in [1.165, 1.54) is 0 Å².